The average Bonchev–Trinajstić information content (AvgIpc) is 2.80. The molecule has 2 heterocycles. The van der Waals surface area contributed by atoms with Gasteiger partial charge in [-0.05, 0) is 6.42 Å². The quantitative estimate of drug-likeness (QED) is 0.588. The molecule has 1 aromatic heterocycles. The molecule has 1 aliphatic heterocycles. The number of unbranched alkanes of at least 4 members (excludes halogenated alkanes) is 1. The summed E-state index contributed by atoms with van der Waals surface area (Å²) in [4.78, 5) is 16.0. The molecule has 0 amide bonds. The van der Waals surface area contributed by atoms with Crippen LogP contribution in [0, 0.1) is 0 Å². The molecule has 0 radical (unpaired) electrons. The average molecular weight is 301 g/mol. The summed E-state index contributed by atoms with van der Waals surface area (Å²) >= 11 is 0. The first-order valence-corrected chi connectivity index (χ1v) is 8.45. The third kappa shape index (κ3) is 3.37. The zero-order valence-electron chi connectivity index (χ0n) is 11.7. The van der Waals surface area contributed by atoms with E-state index in [-0.39, 0.29) is 12.2 Å². The van der Waals surface area contributed by atoms with Crippen LogP contribution in [0.1, 0.15) is 36.1 Å². The van der Waals surface area contributed by atoms with Crippen molar-refractivity contribution in [3.63, 3.8) is 0 Å². The lowest BCUT2D eigenvalue weighted by atomic mass is 10.4. The van der Waals surface area contributed by atoms with Crippen LogP contribution in [0.4, 0.5) is 0 Å². The smallest absolute Gasteiger partial charge is 0.358 e. The Morgan fingerprint density at radius 1 is 1.45 bits per heavy atom. The molecule has 0 aliphatic carbocycles. The lowest BCUT2D eigenvalue weighted by Crippen LogP contribution is -2.37. The molecule has 1 aromatic rings. The molecule has 0 spiro atoms. The molecule has 1 aliphatic rings. The van der Waals surface area contributed by atoms with Gasteiger partial charge >= 0.3 is 5.97 Å². The number of fused-ring (bicyclic) bond motifs is 1. The van der Waals surface area contributed by atoms with E-state index in [1.165, 1.54) is 10.6 Å². The van der Waals surface area contributed by atoms with Gasteiger partial charge in [-0.3, -0.25) is 0 Å². The molecule has 0 bridgehead atoms. The highest BCUT2D eigenvalue weighted by molar-refractivity contribution is 7.88. The Morgan fingerprint density at radius 2 is 2.20 bits per heavy atom. The van der Waals surface area contributed by atoms with Gasteiger partial charge in [-0.2, -0.15) is 4.31 Å². The maximum Gasteiger partial charge on any atom is 0.358 e. The Kier molecular flexibility index (Phi) is 4.44. The second-order valence-electron chi connectivity index (χ2n) is 4.82. The van der Waals surface area contributed by atoms with Crippen molar-refractivity contribution in [2.45, 2.75) is 32.9 Å². The number of imidazole rings is 1. The monoisotopic (exact) mass is 301 g/mol. The number of hydrogen-bond acceptors (Lipinski definition) is 5. The summed E-state index contributed by atoms with van der Waals surface area (Å²) in [5.74, 6) is 0.121. The first-order valence-electron chi connectivity index (χ1n) is 6.60. The SMILES string of the molecule is CCCCOC(=O)c1cn2c(n1)CN(S(C)(=O)=O)CC2. The Bertz CT molecular complexity index is 594. The van der Waals surface area contributed by atoms with Crippen molar-refractivity contribution in [1.82, 2.24) is 13.9 Å². The van der Waals surface area contributed by atoms with Crippen molar-refractivity contribution in [1.29, 1.82) is 0 Å². The van der Waals surface area contributed by atoms with E-state index in [4.69, 9.17) is 4.74 Å². The van der Waals surface area contributed by atoms with Gasteiger partial charge in [-0.15, -0.1) is 0 Å². The third-order valence-corrected chi connectivity index (χ3v) is 4.43. The number of carbonyl (C=O) groups is 1. The van der Waals surface area contributed by atoms with Crippen LogP contribution in [0.3, 0.4) is 0 Å². The fourth-order valence-electron chi connectivity index (χ4n) is 1.99. The molecule has 0 saturated carbocycles. The highest BCUT2D eigenvalue weighted by Gasteiger charge is 2.26. The van der Waals surface area contributed by atoms with E-state index in [0.717, 1.165) is 12.8 Å². The number of rotatable bonds is 5. The Morgan fingerprint density at radius 3 is 2.85 bits per heavy atom. The molecule has 20 heavy (non-hydrogen) atoms. The van der Waals surface area contributed by atoms with E-state index < -0.39 is 16.0 Å². The minimum Gasteiger partial charge on any atom is -0.461 e. The van der Waals surface area contributed by atoms with Gasteiger partial charge in [0.25, 0.3) is 0 Å². The van der Waals surface area contributed by atoms with E-state index >= 15 is 0 Å². The van der Waals surface area contributed by atoms with Crippen molar-refractivity contribution in [2.75, 3.05) is 19.4 Å². The number of esters is 1. The van der Waals surface area contributed by atoms with E-state index in [2.05, 4.69) is 4.98 Å². The van der Waals surface area contributed by atoms with E-state index in [9.17, 15) is 13.2 Å². The van der Waals surface area contributed by atoms with Crippen molar-refractivity contribution < 1.29 is 17.9 Å². The van der Waals surface area contributed by atoms with Crippen LogP contribution < -0.4 is 0 Å². The molecule has 0 unspecified atom stereocenters. The summed E-state index contributed by atoms with van der Waals surface area (Å²) in [6.45, 7) is 3.49. The lowest BCUT2D eigenvalue weighted by Gasteiger charge is -2.25. The normalized spacial score (nSPS) is 15.9. The van der Waals surface area contributed by atoms with Crippen LogP contribution >= 0.6 is 0 Å². The maximum absolute atomic E-state index is 11.8. The van der Waals surface area contributed by atoms with Crippen LogP contribution in [-0.4, -0.2) is 47.7 Å². The summed E-state index contributed by atoms with van der Waals surface area (Å²) in [5, 5.41) is 0. The standard InChI is InChI=1S/C12H19N3O4S/c1-3-4-7-19-12(16)10-8-14-5-6-15(20(2,17)18)9-11(14)13-10/h8H,3-7,9H2,1-2H3. The van der Waals surface area contributed by atoms with Crippen LogP contribution in [-0.2, 0) is 27.8 Å². The molecule has 2 rings (SSSR count). The Hall–Kier alpha value is -1.41. The number of hydrogen-bond donors (Lipinski definition) is 0. The maximum atomic E-state index is 11.8. The second-order valence-corrected chi connectivity index (χ2v) is 6.80. The predicted molar refractivity (Wildman–Crippen MR) is 72.7 cm³/mol. The summed E-state index contributed by atoms with van der Waals surface area (Å²) in [7, 11) is -3.23. The van der Waals surface area contributed by atoms with Gasteiger partial charge in [0.15, 0.2) is 5.69 Å². The molecule has 8 heteroatoms. The minimum absolute atomic E-state index is 0.196. The van der Waals surface area contributed by atoms with E-state index in [1.807, 2.05) is 6.92 Å². The van der Waals surface area contributed by atoms with E-state index in [1.54, 1.807) is 10.8 Å². The van der Waals surface area contributed by atoms with Crippen molar-refractivity contribution in [3.05, 3.63) is 17.7 Å². The molecule has 0 aromatic carbocycles. The molecule has 0 fully saturated rings. The van der Waals surface area contributed by atoms with Gasteiger partial charge in [0, 0.05) is 19.3 Å². The lowest BCUT2D eigenvalue weighted by molar-refractivity contribution is 0.0493. The summed E-state index contributed by atoms with van der Waals surface area (Å²) in [6, 6.07) is 0. The van der Waals surface area contributed by atoms with Gasteiger partial charge in [-0.1, -0.05) is 13.3 Å². The van der Waals surface area contributed by atoms with Crippen molar-refractivity contribution in [2.24, 2.45) is 0 Å². The largest absolute Gasteiger partial charge is 0.461 e. The third-order valence-electron chi connectivity index (χ3n) is 3.18. The van der Waals surface area contributed by atoms with Crippen molar-refractivity contribution >= 4 is 16.0 Å². The van der Waals surface area contributed by atoms with Crippen molar-refractivity contribution in [3.8, 4) is 0 Å². The summed E-state index contributed by atoms with van der Waals surface area (Å²) in [5.41, 5.74) is 0.242. The molecule has 7 nitrogen and oxygen atoms in total. The molecular weight excluding hydrogens is 282 g/mol. The zero-order chi connectivity index (χ0) is 14.8. The fourth-order valence-corrected chi connectivity index (χ4v) is 2.76. The number of nitrogens with zero attached hydrogens (tertiary/aromatic N) is 3. The molecule has 0 saturated heterocycles. The van der Waals surface area contributed by atoms with Gasteiger partial charge in [0.2, 0.25) is 10.0 Å². The molecule has 112 valence electrons. The topological polar surface area (TPSA) is 81.5 Å². The highest BCUT2D eigenvalue weighted by Crippen LogP contribution is 2.15. The summed E-state index contributed by atoms with van der Waals surface area (Å²) < 4.78 is 31.3. The number of carbonyl (C=O) groups excluding carboxylic acids is 1. The van der Waals surface area contributed by atoms with Crippen LogP contribution in [0.5, 0.6) is 0 Å². The first-order chi connectivity index (χ1) is 9.41. The van der Waals surface area contributed by atoms with Crippen LogP contribution in [0.25, 0.3) is 0 Å². The Balaban J connectivity index is 2.07. The molecule has 0 atom stereocenters. The highest BCUT2D eigenvalue weighted by atomic mass is 32.2. The number of sulfonamides is 1. The van der Waals surface area contributed by atoms with E-state index in [0.29, 0.717) is 25.5 Å². The number of ether oxygens (including phenoxy) is 1. The van der Waals surface area contributed by atoms with Crippen LogP contribution in [0.2, 0.25) is 0 Å². The zero-order valence-corrected chi connectivity index (χ0v) is 12.5. The van der Waals surface area contributed by atoms with Gasteiger partial charge in [0.05, 0.1) is 19.4 Å². The van der Waals surface area contributed by atoms with Crippen LogP contribution in [0.15, 0.2) is 6.20 Å². The molecule has 0 N–H and O–H groups in total. The summed E-state index contributed by atoms with van der Waals surface area (Å²) in [6.07, 6.45) is 4.58. The molecular formula is C12H19N3O4S. The minimum atomic E-state index is -3.23. The second kappa shape index (κ2) is 5.92. The van der Waals surface area contributed by atoms with Gasteiger partial charge in [0.1, 0.15) is 5.82 Å². The fraction of sp³-hybridized carbons (Fsp3) is 0.667. The number of aromatic nitrogens is 2. The van der Waals surface area contributed by atoms with Gasteiger partial charge < -0.3 is 9.30 Å². The Labute approximate surface area is 118 Å². The van der Waals surface area contributed by atoms with Gasteiger partial charge in [-0.25, -0.2) is 18.2 Å². The first kappa shape index (κ1) is 15.0. The predicted octanol–water partition coefficient (Wildman–Crippen LogP) is 0.615.